The summed E-state index contributed by atoms with van der Waals surface area (Å²) >= 11 is 1.66. The van der Waals surface area contributed by atoms with Gasteiger partial charge in [-0.2, -0.15) is 0 Å². The van der Waals surface area contributed by atoms with Gasteiger partial charge >= 0.3 is 0 Å². The normalized spacial score (nSPS) is 12.1. The van der Waals surface area contributed by atoms with Crippen LogP contribution in [-0.2, 0) is 4.79 Å². The molecule has 0 aliphatic heterocycles. The molecule has 4 aromatic rings. The van der Waals surface area contributed by atoms with Gasteiger partial charge in [-0.25, -0.2) is 4.98 Å². The molecule has 4 rings (SSSR count). The van der Waals surface area contributed by atoms with Gasteiger partial charge in [-0.1, -0.05) is 42.5 Å². The largest absolute Gasteiger partial charge is 0.455 e. The highest BCUT2D eigenvalue weighted by atomic mass is 32.1. The molecular weight excluding hydrogens is 394 g/mol. The number of ether oxygens (including phenoxy) is 1. The van der Waals surface area contributed by atoms with Crippen LogP contribution in [0.4, 0.5) is 5.69 Å². The van der Waals surface area contributed by atoms with E-state index in [2.05, 4.69) is 18.3 Å². The van der Waals surface area contributed by atoms with Crippen molar-refractivity contribution in [2.24, 2.45) is 0 Å². The van der Waals surface area contributed by atoms with Crippen LogP contribution >= 0.6 is 11.3 Å². The van der Waals surface area contributed by atoms with Crippen molar-refractivity contribution in [3.8, 4) is 11.5 Å². The zero-order valence-electron chi connectivity index (χ0n) is 16.9. The predicted molar refractivity (Wildman–Crippen MR) is 122 cm³/mol. The zero-order chi connectivity index (χ0) is 20.9. The molecule has 1 heterocycles. The molecule has 3 aromatic carbocycles. The number of carbonyl (C=O) groups excluding carboxylic acids is 1. The van der Waals surface area contributed by atoms with Crippen LogP contribution in [0.25, 0.3) is 10.2 Å². The summed E-state index contributed by atoms with van der Waals surface area (Å²) < 4.78 is 7.09. The summed E-state index contributed by atoms with van der Waals surface area (Å²) in [7, 11) is 1.93. The Morgan fingerprint density at radius 1 is 1.03 bits per heavy atom. The van der Waals surface area contributed by atoms with E-state index in [-0.39, 0.29) is 18.5 Å². The lowest BCUT2D eigenvalue weighted by Gasteiger charge is -2.22. The van der Waals surface area contributed by atoms with Crippen LogP contribution in [-0.4, -0.2) is 29.4 Å². The molecule has 0 fully saturated rings. The summed E-state index contributed by atoms with van der Waals surface area (Å²) in [6.45, 7) is 2.31. The highest BCUT2D eigenvalue weighted by Gasteiger charge is 2.19. The van der Waals surface area contributed by atoms with Gasteiger partial charge in [0.15, 0.2) is 5.75 Å². The Morgan fingerprint density at radius 2 is 1.73 bits per heavy atom. The lowest BCUT2D eigenvalue weighted by molar-refractivity contribution is -0.117. The Bertz CT molecular complexity index is 1110. The number of nitrogens with one attached hydrogen (secondary N) is 1. The third kappa shape index (κ3) is 4.67. The lowest BCUT2D eigenvalue weighted by Crippen LogP contribution is -2.32. The average molecular weight is 418 g/mol. The minimum Gasteiger partial charge on any atom is -0.455 e. The number of hydrogen-bond donors (Lipinski definition) is 1. The number of aromatic nitrogens is 1. The molecule has 152 valence electrons. The molecule has 1 aromatic heterocycles. The summed E-state index contributed by atoms with van der Waals surface area (Å²) in [4.78, 5) is 19.4. The highest BCUT2D eigenvalue weighted by Crippen LogP contribution is 2.30. The maximum atomic E-state index is 12.7. The van der Waals surface area contributed by atoms with Crippen molar-refractivity contribution < 1.29 is 9.53 Å². The van der Waals surface area contributed by atoms with Gasteiger partial charge in [0.1, 0.15) is 10.8 Å². The molecule has 1 N–H and O–H groups in total. The molecule has 6 heteroatoms. The molecule has 0 saturated carbocycles. The fraction of sp³-hybridized carbons (Fsp3) is 0.167. The first kappa shape index (κ1) is 20.1. The minimum atomic E-state index is -0.102. The van der Waals surface area contributed by atoms with E-state index in [0.717, 1.165) is 21.0 Å². The first-order chi connectivity index (χ1) is 14.6. The van der Waals surface area contributed by atoms with E-state index in [9.17, 15) is 4.79 Å². The minimum absolute atomic E-state index is 0.0314. The Hall–Kier alpha value is -3.22. The Labute approximate surface area is 179 Å². The molecule has 0 saturated heterocycles. The van der Waals surface area contributed by atoms with E-state index in [1.165, 1.54) is 0 Å². The monoisotopic (exact) mass is 417 g/mol. The topological polar surface area (TPSA) is 54.5 Å². The molecule has 0 radical (unpaired) electrons. The van der Waals surface area contributed by atoms with Gasteiger partial charge < -0.3 is 10.1 Å². The number of hydrogen-bond acceptors (Lipinski definition) is 5. The van der Waals surface area contributed by atoms with Crippen molar-refractivity contribution >= 4 is 33.1 Å². The molecule has 0 aliphatic rings. The number of nitrogens with zero attached hydrogens (tertiary/aromatic N) is 2. The van der Waals surface area contributed by atoms with Crippen molar-refractivity contribution in [3.63, 3.8) is 0 Å². The van der Waals surface area contributed by atoms with Crippen molar-refractivity contribution in [2.45, 2.75) is 13.0 Å². The first-order valence-corrected chi connectivity index (χ1v) is 10.6. The summed E-state index contributed by atoms with van der Waals surface area (Å²) in [5, 5.41) is 3.97. The second-order valence-electron chi connectivity index (χ2n) is 7.07. The molecule has 0 aliphatic carbocycles. The van der Waals surface area contributed by atoms with Crippen LogP contribution in [0.3, 0.4) is 0 Å². The standard InChI is InChI=1S/C24H23N3O2S/c1-17(24-26-20-13-7-9-15-22(20)30-24)27(2)16-23(28)25-19-12-6-8-14-21(19)29-18-10-4-3-5-11-18/h3-15,17H,16H2,1-2H3,(H,25,28)/t17-/m0/s1. The predicted octanol–water partition coefficient (Wildman–Crippen LogP) is 5.72. The van der Waals surface area contributed by atoms with Gasteiger partial charge in [-0.15, -0.1) is 11.3 Å². The average Bonchev–Trinajstić information content (AvgIpc) is 3.19. The fourth-order valence-electron chi connectivity index (χ4n) is 3.08. The van der Waals surface area contributed by atoms with Crippen LogP contribution in [0.5, 0.6) is 11.5 Å². The van der Waals surface area contributed by atoms with Gasteiger partial charge in [0.05, 0.1) is 28.5 Å². The van der Waals surface area contributed by atoms with Gasteiger partial charge in [-0.3, -0.25) is 9.69 Å². The van der Waals surface area contributed by atoms with E-state index in [1.807, 2.05) is 84.7 Å². The summed E-state index contributed by atoms with van der Waals surface area (Å²) in [5.74, 6) is 1.23. The Balaban J connectivity index is 1.42. The lowest BCUT2D eigenvalue weighted by atomic mass is 10.2. The van der Waals surface area contributed by atoms with Crippen molar-refractivity contribution in [1.29, 1.82) is 0 Å². The number of thiazole rings is 1. The first-order valence-electron chi connectivity index (χ1n) is 9.77. The molecule has 1 amide bonds. The molecule has 30 heavy (non-hydrogen) atoms. The summed E-state index contributed by atoms with van der Waals surface area (Å²) in [6, 6.07) is 25.1. The zero-order valence-corrected chi connectivity index (χ0v) is 17.7. The van der Waals surface area contributed by atoms with Gasteiger partial charge in [0.2, 0.25) is 5.91 Å². The van der Waals surface area contributed by atoms with Gasteiger partial charge in [0, 0.05) is 0 Å². The molecule has 0 bridgehead atoms. The smallest absolute Gasteiger partial charge is 0.238 e. The molecular formula is C24H23N3O2S. The number of likely N-dealkylation sites (N-methyl/N-ethyl adjacent to an activating group) is 1. The third-order valence-electron chi connectivity index (χ3n) is 4.85. The quantitative estimate of drug-likeness (QED) is 0.418. The number of para-hydroxylation sites is 4. The molecule has 0 spiro atoms. The second kappa shape index (κ2) is 9.07. The van der Waals surface area contributed by atoms with Gasteiger partial charge in [-0.05, 0) is 50.4 Å². The van der Waals surface area contributed by atoms with Crippen molar-refractivity contribution in [1.82, 2.24) is 9.88 Å². The maximum Gasteiger partial charge on any atom is 0.238 e. The van der Waals surface area contributed by atoms with Crippen LogP contribution in [0.15, 0.2) is 78.9 Å². The van der Waals surface area contributed by atoms with E-state index < -0.39 is 0 Å². The van der Waals surface area contributed by atoms with E-state index in [0.29, 0.717) is 11.4 Å². The molecule has 0 unspecified atom stereocenters. The summed E-state index contributed by atoms with van der Waals surface area (Å²) in [5.41, 5.74) is 1.64. The Morgan fingerprint density at radius 3 is 2.53 bits per heavy atom. The van der Waals surface area contributed by atoms with E-state index >= 15 is 0 Å². The van der Waals surface area contributed by atoms with Crippen LogP contribution in [0, 0.1) is 0 Å². The summed E-state index contributed by atoms with van der Waals surface area (Å²) in [6.07, 6.45) is 0. The van der Waals surface area contributed by atoms with E-state index in [4.69, 9.17) is 9.72 Å². The molecule has 5 nitrogen and oxygen atoms in total. The van der Waals surface area contributed by atoms with Crippen molar-refractivity contribution in [3.05, 3.63) is 83.9 Å². The molecule has 1 atom stereocenters. The van der Waals surface area contributed by atoms with Crippen molar-refractivity contribution in [2.75, 3.05) is 18.9 Å². The number of benzene rings is 3. The maximum absolute atomic E-state index is 12.7. The second-order valence-corrected chi connectivity index (χ2v) is 8.13. The third-order valence-corrected chi connectivity index (χ3v) is 6.06. The fourth-order valence-corrected chi connectivity index (χ4v) is 4.17. The number of rotatable bonds is 7. The number of fused-ring (bicyclic) bond motifs is 1. The Kier molecular flexibility index (Phi) is 6.07. The number of amides is 1. The number of carbonyl (C=O) groups is 1. The van der Waals surface area contributed by atoms with Crippen LogP contribution < -0.4 is 10.1 Å². The van der Waals surface area contributed by atoms with Gasteiger partial charge in [0.25, 0.3) is 0 Å². The number of anilines is 1. The van der Waals surface area contributed by atoms with Crippen LogP contribution in [0.1, 0.15) is 18.0 Å². The SMILES string of the molecule is C[C@@H](c1nc2ccccc2s1)N(C)CC(=O)Nc1ccccc1Oc1ccccc1. The van der Waals surface area contributed by atoms with Crippen LogP contribution in [0.2, 0.25) is 0 Å². The van der Waals surface area contributed by atoms with E-state index in [1.54, 1.807) is 11.3 Å². The highest BCUT2D eigenvalue weighted by molar-refractivity contribution is 7.18.